The van der Waals surface area contributed by atoms with Gasteiger partial charge in [0.25, 0.3) is 0 Å². The quantitative estimate of drug-likeness (QED) is 0.565. The van der Waals surface area contributed by atoms with E-state index in [2.05, 4.69) is 0 Å². The number of rotatable bonds is 8. The molecule has 6 nitrogen and oxygen atoms in total. The molecular formula is C19H24N4O2. The van der Waals surface area contributed by atoms with Crippen molar-refractivity contribution in [1.29, 1.82) is 0 Å². The van der Waals surface area contributed by atoms with Gasteiger partial charge >= 0.3 is 0 Å². The second kappa shape index (κ2) is 8.41. The molecule has 2 amide bonds. The van der Waals surface area contributed by atoms with E-state index in [4.69, 9.17) is 22.9 Å². The van der Waals surface area contributed by atoms with E-state index < -0.39 is 29.8 Å². The number of amides is 2. The van der Waals surface area contributed by atoms with Crippen molar-refractivity contribution >= 4 is 11.8 Å². The fourth-order valence-electron chi connectivity index (χ4n) is 3.06. The predicted molar refractivity (Wildman–Crippen MR) is 98.2 cm³/mol. The van der Waals surface area contributed by atoms with Gasteiger partial charge in [-0.15, -0.1) is 0 Å². The average molecular weight is 340 g/mol. The highest BCUT2D eigenvalue weighted by atomic mass is 16.1. The van der Waals surface area contributed by atoms with Gasteiger partial charge in [-0.2, -0.15) is 0 Å². The van der Waals surface area contributed by atoms with Crippen LogP contribution in [0.2, 0.25) is 0 Å². The van der Waals surface area contributed by atoms with Crippen LogP contribution in [0.15, 0.2) is 54.6 Å². The third-order valence-electron chi connectivity index (χ3n) is 4.20. The normalized spacial score (nSPS) is 14.5. The molecule has 0 saturated carbocycles. The molecule has 132 valence electrons. The van der Waals surface area contributed by atoms with Crippen LogP contribution >= 0.6 is 0 Å². The minimum Gasteiger partial charge on any atom is -0.370 e. The Labute approximate surface area is 147 Å². The van der Waals surface area contributed by atoms with Crippen molar-refractivity contribution in [3.8, 4) is 11.1 Å². The lowest BCUT2D eigenvalue weighted by Crippen LogP contribution is -2.44. The van der Waals surface area contributed by atoms with Gasteiger partial charge < -0.3 is 22.9 Å². The SMILES string of the molecule is NC(=O)CC(N)C(c1ccc(-c2ccccc2)cc1)C(N)CC(N)=O. The van der Waals surface area contributed by atoms with Crippen LogP contribution in [0.25, 0.3) is 11.1 Å². The van der Waals surface area contributed by atoms with Gasteiger partial charge in [0, 0.05) is 30.8 Å². The zero-order valence-corrected chi connectivity index (χ0v) is 14.0. The van der Waals surface area contributed by atoms with E-state index in [1.54, 1.807) is 0 Å². The van der Waals surface area contributed by atoms with Crippen molar-refractivity contribution in [3.05, 3.63) is 60.2 Å². The first-order chi connectivity index (χ1) is 11.9. The molecule has 6 heteroatoms. The smallest absolute Gasteiger partial charge is 0.218 e. The number of hydrogen-bond acceptors (Lipinski definition) is 4. The van der Waals surface area contributed by atoms with Crippen LogP contribution < -0.4 is 22.9 Å². The van der Waals surface area contributed by atoms with Crippen LogP contribution in [0.3, 0.4) is 0 Å². The Kier molecular flexibility index (Phi) is 6.27. The Balaban J connectivity index is 2.29. The molecule has 25 heavy (non-hydrogen) atoms. The number of carbonyl (C=O) groups excluding carboxylic acids is 2. The van der Waals surface area contributed by atoms with E-state index in [1.807, 2.05) is 54.6 Å². The van der Waals surface area contributed by atoms with Crippen molar-refractivity contribution in [3.63, 3.8) is 0 Å². The lowest BCUT2D eigenvalue weighted by Gasteiger charge is -2.29. The van der Waals surface area contributed by atoms with Crippen molar-refractivity contribution in [2.24, 2.45) is 22.9 Å². The summed E-state index contributed by atoms with van der Waals surface area (Å²) in [6.07, 6.45) is -0.0326. The summed E-state index contributed by atoms with van der Waals surface area (Å²) < 4.78 is 0. The summed E-state index contributed by atoms with van der Waals surface area (Å²) >= 11 is 0. The molecule has 0 aliphatic rings. The topological polar surface area (TPSA) is 138 Å². The lowest BCUT2D eigenvalue weighted by atomic mass is 9.82. The van der Waals surface area contributed by atoms with Crippen LogP contribution in [0, 0.1) is 0 Å². The van der Waals surface area contributed by atoms with E-state index in [0.29, 0.717) is 0 Å². The van der Waals surface area contributed by atoms with Crippen LogP contribution in [-0.2, 0) is 9.59 Å². The Hall–Kier alpha value is -2.70. The Morgan fingerprint density at radius 2 is 1.16 bits per heavy atom. The molecular weight excluding hydrogens is 316 g/mol. The van der Waals surface area contributed by atoms with Gasteiger partial charge in [0.1, 0.15) is 0 Å². The first-order valence-electron chi connectivity index (χ1n) is 8.11. The van der Waals surface area contributed by atoms with E-state index in [9.17, 15) is 9.59 Å². The molecule has 0 heterocycles. The number of hydrogen-bond donors (Lipinski definition) is 4. The summed E-state index contributed by atoms with van der Waals surface area (Å²) in [7, 11) is 0. The summed E-state index contributed by atoms with van der Waals surface area (Å²) in [6.45, 7) is 0. The van der Waals surface area contributed by atoms with Gasteiger partial charge in [0.05, 0.1) is 0 Å². The maximum absolute atomic E-state index is 11.2. The van der Waals surface area contributed by atoms with Gasteiger partial charge in [0.2, 0.25) is 11.8 Å². The summed E-state index contributed by atoms with van der Waals surface area (Å²) in [5.41, 5.74) is 25.8. The van der Waals surface area contributed by atoms with E-state index >= 15 is 0 Å². The highest BCUT2D eigenvalue weighted by Gasteiger charge is 2.28. The monoisotopic (exact) mass is 340 g/mol. The molecule has 0 radical (unpaired) electrons. The van der Waals surface area contributed by atoms with E-state index in [0.717, 1.165) is 16.7 Å². The van der Waals surface area contributed by atoms with Crippen LogP contribution in [0.1, 0.15) is 24.3 Å². The fourth-order valence-corrected chi connectivity index (χ4v) is 3.06. The molecule has 2 rings (SSSR count). The second-order valence-electron chi connectivity index (χ2n) is 6.18. The summed E-state index contributed by atoms with van der Waals surface area (Å²) in [5.74, 6) is -1.42. The van der Waals surface area contributed by atoms with Gasteiger partial charge in [-0.3, -0.25) is 9.59 Å². The highest BCUT2D eigenvalue weighted by Crippen LogP contribution is 2.28. The largest absolute Gasteiger partial charge is 0.370 e. The first-order valence-corrected chi connectivity index (χ1v) is 8.11. The number of nitrogens with two attached hydrogens (primary N) is 4. The molecule has 0 fully saturated rings. The van der Waals surface area contributed by atoms with Crippen molar-refractivity contribution in [2.45, 2.75) is 30.8 Å². The van der Waals surface area contributed by atoms with E-state index in [-0.39, 0.29) is 12.8 Å². The molecule has 2 unspecified atom stereocenters. The Morgan fingerprint density at radius 3 is 1.60 bits per heavy atom. The van der Waals surface area contributed by atoms with E-state index in [1.165, 1.54) is 0 Å². The molecule has 0 saturated heterocycles. The van der Waals surface area contributed by atoms with Crippen molar-refractivity contribution in [2.75, 3.05) is 0 Å². The Bertz CT molecular complexity index is 694. The molecule has 0 aromatic heterocycles. The first kappa shape index (κ1) is 18.6. The molecule has 0 aliphatic heterocycles. The average Bonchev–Trinajstić information content (AvgIpc) is 2.55. The second-order valence-corrected chi connectivity index (χ2v) is 6.18. The Morgan fingerprint density at radius 1 is 0.720 bits per heavy atom. The van der Waals surface area contributed by atoms with Gasteiger partial charge in [-0.05, 0) is 16.7 Å². The van der Waals surface area contributed by atoms with Gasteiger partial charge in [-0.1, -0.05) is 54.6 Å². The van der Waals surface area contributed by atoms with Crippen LogP contribution in [-0.4, -0.2) is 23.9 Å². The lowest BCUT2D eigenvalue weighted by molar-refractivity contribution is -0.118. The third-order valence-corrected chi connectivity index (χ3v) is 4.20. The molecule has 2 aromatic carbocycles. The number of carbonyl (C=O) groups is 2. The number of primary amides is 2. The fraction of sp³-hybridized carbons (Fsp3) is 0.263. The summed E-state index contributed by atoms with van der Waals surface area (Å²) in [4.78, 5) is 22.5. The van der Waals surface area contributed by atoms with Crippen molar-refractivity contribution in [1.82, 2.24) is 0 Å². The van der Waals surface area contributed by atoms with Crippen LogP contribution in [0.4, 0.5) is 0 Å². The maximum atomic E-state index is 11.2. The van der Waals surface area contributed by atoms with Gasteiger partial charge in [0.15, 0.2) is 0 Å². The highest BCUT2D eigenvalue weighted by molar-refractivity contribution is 5.75. The molecule has 0 bridgehead atoms. The third kappa shape index (κ3) is 5.14. The standard InChI is InChI=1S/C19H24N4O2/c20-15(10-17(22)24)19(16(21)11-18(23)25)14-8-6-13(7-9-14)12-4-2-1-3-5-12/h1-9,15-16,19H,10-11,20-21H2,(H2,22,24)(H2,23,25). The molecule has 0 spiro atoms. The molecule has 0 aliphatic carbocycles. The molecule has 2 atom stereocenters. The van der Waals surface area contributed by atoms with Gasteiger partial charge in [-0.25, -0.2) is 0 Å². The minimum atomic E-state index is -0.588. The summed E-state index contributed by atoms with van der Waals surface area (Å²) in [6, 6.07) is 16.5. The maximum Gasteiger partial charge on any atom is 0.218 e. The molecule has 2 aromatic rings. The van der Waals surface area contributed by atoms with Crippen molar-refractivity contribution < 1.29 is 9.59 Å². The molecule has 8 N–H and O–H groups in total. The summed E-state index contributed by atoms with van der Waals surface area (Å²) in [5, 5.41) is 0. The van der Waals surface area contributed by atoms with Crippen LogP contribution in [0.5, 0.6) is 0 Å². The predicted octanol–water partition coefficient (Wildman–Crippen LogP) is 0.843. The minimum absolute atomic E-state index is 0.0163. The number of benzene rings is 2. The zero-order chi connectivity index (χ0) is 18.4. The zero-order valence-electron chi connectivity index (χ0n) is 14.0.